The molecule has 1 aromatic heterocycles. The van der Waals surface area contributed by atoms with E-state index in [9.17, 15) is 0 Å². The van der Waals surface area contributed by atoms with Crippen LogP contribution in [0.2, 0.25) is 0 Å². The van der Waals surface area contributed by atoms with Crippen molar-refractivity contribution < 1.29 is 0 Å². The molecule has 0 aliphatic carbocycles. The Kier molecular flexibility index (Phi) is 2.06. The molecule has 1 N–H and O–H groups in total. The average Bonchev–Trinajstić information content (AvgIpc) is 2.36. The number of hydrogen-bond acceptors (Lipinski definition) is 2. The molecule has 0 radical (unpaired) electrons. The highest BCUT2D eigenvalue weighted by molar-refractivity contribution is 5.07. The van der Waals surface area contributed by atoms with Crippen LogP contribution in [0.1, 0.15) is 18.5 Å². The summed E-state index contributed by atoms with van der Waals surface area (Å²) < 4.78 is 0. The molecule has 3 nitrogen and oxygen atoms in total. The second kappa shape index (κ2) is 2.84. The number of H-pyrrole nitrogens is 1. The van der Waals surface area contributed by atoms with Crippen molar-refractivity contribution in [3.63, 3.8) is 0 Å². The van der Waals surface area contributed by atoms with Crippen LogP contribution < -0.4 is 0 Å². The molecule has 0 aromatic carbocycles. The van der Waals surface area contributed by atoms with E-state index in [-0.39, 0.29) is 0 Å². The molecule has 0 spiro atoms. The molecule has 0 aliphatic heterocycles. The first-order chi connectivity index (χ1) is 4.72. The van der Waals surface area contributed by atoms with Gasteiger partial charge in [0.1, 0.15) is 0 Å². The summed E-state index contributed by atoms with van der Waals surface area (Å²) in [7, 11) is 4.11. The van der Waals surface area contributed by atoms with E-state index >= 15 is 0 Å². The number of aromatic amines is 1. The zero-order valence-corrected chi connectivity index (χ0v) is 6.63. The molecule has 3 heteroatoms. The van der Waals surface area contributed by atoms with Gasteiger partial charge in [-0.05, 0) is 21.0 Å². The minimum Gasteiger partial charge on any atom is -0.303 e. The highest BCUT2D eigenvalue weighted by Crippen LogP contribution is 2.13. The average molecular weight is 139 g/mol. The number of rotatable bonds is 2. The maximum Gasteiger partial charge on any atom is 0.0535 e. The van der Waals surface area contributed by atoms with E-state index < -0.39 is 0 Å². The monoisotopic (exact) mass is 139 g/mol. The summed E-state index contributed by atoms with van der Waals surface area (Å²) in [6, 6.07) is 0.443. The molecule has 0 aliphatic rings. The standard InChI is InChI=1S/C7H13N3/c1-6(10(2)3)7-4-8-9-5-7/h4-6H,1-3H3,(H,8,9). The van der Waals surface area contributed by atoms with Crippen LogP contribution in [0.3, 0.4) is 0 Å². The van der Waals surface area contributed by atoms with E-state index in [0.29, 0.717) is 6.04 Å². The van der Waals surface area contributed by atoms with Crippen molar-refractivity contribution in [2.45, 2.75) is 13.0 Å². The van der Waals surface area contributed by atoms with Crippen molar-refractivity contribution in [2.75, 3.05) is 14.1 Å². The highest BCUT2D eigenvalue weighted by atomic mass is 15.1. The fourth-order valence-electron chi connectivity index (χ4n) is 0.787. The van der Waals surface area contributed by atoms with Crippen LogP contribution in [0.4, 0.5) is 0 Å². The van der Waals surface area contributed by atoms with Gasteiger partial charge in [0.15, 0.2) is 0 Å². The zero-order valence-electron chi connectivity index (χ0n) is 6.63. The van der Waals surface area contributed by atoms with Gasteiger partial charge in [-0.3, -0.25) is 5.10 Å². The fourth-order valence-corrected chi connectivity index (χ4v) is 0.787. The summed E-state index contributed by atoms with van der Waals surface area (Å²) in [5.74, 6) is 0. The molecule has 56 valence electrons. The summed E-state index contributed by atoms with van der Waals surface area (Å²) >= 11 is 0. The van der Waals surface area contributed by atoms with Crippen molar-refractivity contribution in [3.8, 4) is 0 Å². The molecular formula is C7H13N3. The zero-order chi connectivity index (χ0) is 7.56. The van der Waals surface area contributed by atoms with Crippen molar-refractivity contribution in [2.24, 2.45) is 0 Å². The first kappa shape index (κ1) is 7.28. The van der Waals surface area contributed by atoms with Crippen LogP contribution in [0, 0.1) is 0 Å². The largest absolute Gasteiger partial charge is 0.303 e. The minimum absolute atomic E-state index is 0.443. The van der Waals surface area contributed by atoms with Crippen LogP contribution in [-0.2, 0) is 0 Å². The Labute approximate surface area is 61.0 Å². The number of nitrogens with zero attached hydrogens (tertiary/aromatic N) is 2. The first-order valence-corrected chi connectivity index (χ1v) is 3.37. The summed E-state index contributed by atoms with van der Waals surface area (Å²) in [6.07, 6.45) is 3.77. The van der Waals surface area contributed by atoms with Gasteiger partial charge in [-0.1, -0.05) is 0 Å². The molecule has 0 fully saturated rings. The van der Waals surface area contributed by atoms with Crippen molar-refractivity contribution in [3.05, 3.63) is 18.0 Å². The lowest BCUT2D eigenvalue weighted by atomic mass is 10.2. The van der Waals surface area contributed by atoms with E-state index in [1.54, 1.807) is 0 Å². The first-order valence-electron chi connectivity index (χ1n) is 3.37. The van der Waals surface area contributed by atoms with Crippen molar-refractivity contribution >= 4 is 0 Å². The van der Waals surface area contributed by atoms with Gasteiger partial charge in [0.25, 0.3) is 0 Å². The third-order valence-corrected chi connectivity index (χ3v) is 1.78. The molecule has 1 heterocycles. The maximum atomic E-state index is 3.87. The molecule has 1 rings (SSSR count). The van der Waals surface area contributed by atoms with E-state index in [1.165, 1.54) is 5.56 Å². The summed E-state index contributed by atoms with van der Waals surface area (Å²) in [4.78, 5) is 2.14. The Hall–Kier alpha value is -0.830. The maximum absolute atomic E-state index is 3.87. The Morgan fingerprint density at radius 1 is 1.60 bits per heavy atom. The summed E-state index contributed by atoms with van der Waals surface area (Å²) in [5.41, 5.74) is 1.23. The molecule has 0 saturated carbocycles. The van der Waals surface area contributed by atoms with Gasteiger partial charge in [-0.15, -0.1) is 0 Å². The molecule has 1 unspecified atom stereocenters. The van der Waals surface area contributed by atoms with Crippen molar-refractivity contribution in [1.82, 2.24) is 15.1 Å². The molecule has 10 heavy (non-hydrogen) atoms. The normalized spacial score (nSPS) is 14.0. The van der Waals surface area contributed by atoms with Crippen LogP contribution in [-0.4, -0.2) is 29.2 Å². The quantitative estimate of drug-likeness (QED) is 0.663. The van der Waals surface area contributed by atoms with E-state index in [1.807, 2.05) is 12.4 Å². The third kappa shape index (κ3) is 1.36. The van der Waals surface area contributed by atoms with Gasteiger partial charge in [0, 0.05) is 17.8 Å². The number of nitrogens with one attached hydrogen (secondary N) is 1. The van der Waals surface area contributed by atoms with Crippen LogP contribution in [0.25, 0.3) is 0 Å². The van der Waals surface area contributed by atoms with Crippen molar-refractivity contribution in [1.29, 1.82) is 0 Å². The second-order valence-electron chi connectivity index (χ2n) is 2.67. The van der Waals surface area contributed by atoms with Gasteiger partial charge in [0.2, 0.25) is 0 Å². The predicted octanol–water partition coefficient (Wildman–Crippen LogP) is 1.03. The SMILES string of the molecule is CC(c1cn[nH]c1)N(C)C. The Balaban J connectivity index is 2.68. The molecule has 1 aromatic rings. The Bertz CT molecular complexity index is 179. The molecular weight excluding hydrogens is 126 g/mol. The second-order valence-corrected chi connectivity index (χ2v) is 2.67. The molecule has 1 atom stereocenters. The van der Waals surface area contributed by atoms with E-state index in [4.69, 9.17) is 0 Å². The predicted molar refractivity (Wildman–Crippen MR) is 40.7 cm³/mol. The lowest BCUT2D eigenvalue weighted by molar-refractivity contribution is 0.321. The van der Waals surface area contributed by atoms with Crippen LogP contribution in [0.15, 0.2) is 12.4 Å². The Morgan fingerprint density at radius 2 is 2.30 bits per heavy atom. The summed E-state index contributed by atoms with van der Waals surface area (Å²) in [6.45, 7) is 2.14. The number of aromatic nitrogens is 2. The molecule has 0 saturated heterocycles. The Morgan fingerprint density at radius 3 is 2.70 bits per heavy atom. The van der Waals surface area contributed by atoms with Gasteiger partial charge >= 0.3 is 0 Å². The lowest BCUT2D eigenvalue weighted by Gasteiger charge is -2.17. The van der Waals surface area contributed by atoms with Gasteiger partial charge in [-0.2, -0.15) is 5.10 Å². The van der Waals surface area contributed by atoms with E-state index in [0.717, 1.165) is 0 Å². The van der Waals surface area contributed by atoms with Gasteiger partial charge in [-0.25, -0.2) is 0 Å². The smallest absolute Gasteiger partial charge is 0.0535 e. The molecule has 0 bridgehead atoms. The molecule has 0 amide bonds. The number of hydrogen-bond donors (Lipinski definition) is 1. The van der Waals surface area contributed by atoms with Crippen LogP contribution >= 0.6 is 0 Å². The lowest BCUT2D eigenvalue weighted by Crippen LogP contribution is -2.15. The minimum atomic E-state index is 0.443. The highest BCUT2D eigenvalue weighted by Gasteiger charge is 2.06. The van der Waals surface area contributed by atoms with Gasteiger partial charge < -0.3 is 4.90 Å². The van der Waals surface area contributed by atoms with E-state index in [2.05, 4.69) is 36.1 Å². The fraction of sp³-hybridized carbons (Fsp3) is 0.571. The summed E-state index contributed by atoms with van der Waals surface area (Å²) in [5, 5.41) is 6.66. The van der Waals surface area contributed by atoms with Crippen LogP contribution in [0.5, 0.6) is 0 Å². The third-order valence-electron chi connectivity index (χ3n) is 1.78. The van der Waals surface area contributed by atoms with Gasteiger partial charge in [0.05, 0.1) is 6.20 Å². The topological polar surface area (TPSA) is 31.9 Å².